The molecule has 1 atom stereocenters. The molecule has 0 saturated heterocycles. The molecule has 0 fully saturated rings. The van der Waals surface area contributed by atoms with Gasteiger partial charge in [0.05, 0.1) is 6.61 Å². The van der Waals surface area contributed by atoms with Gasteiger partial charge in [0.25, 0.3) is 0 Å². The summed E-state index contributed by atoms with van der Waals surface area (Å²) in [4.78, 5) is 0. The van der Waals surface area contributed by atoms with E-state index in [9.17, 15) is 0 Å². The zero-order valence-corrected chi connectivity index (χ0v) is 12.0. The lowest BCUT2D eigenvalue weighted by Gasteiger charge is -2.18. The highest BCUT2D eigenvalue weighted by atomic mass is 16.5. The fraction of sp³-hybridized carbons (Fsp3) is 0.625. The highest BCUT2D eigenvalue weighted by Gasteiger charge is 2.07. The molecule has 0 aliphatic rings. The minimum absolute atomic E-state index is 0.654. The van der Waals surface area contributed by atoms with Crippen LogP contribution in [0.3, 0.4) is 0 Å². The van der Waals surface area contributed by atoms with E-state index >= 15 is 0 Å². The van der Waals surface area contributed by atoms with E-state index < -0.39 is 0 Å². The number of ether oxygens (including phenoxy) is 1. The van der Waals surface area contributed by atoms with Gasteiger partial charge in [0, 0.05) is 6.04 Å². The highest BCUT2D eigenvalue weighted by molar-refractivity contribution is 5.20. The van der Waals surface area contributed by atoms with E-state index in [1.165, 1.54) is 19.3 Å². The number of unbranched alkanes of at least 4 members (excludes halogenated alkanes) is 1. The molecule has 0 spiro atoms. The molecule has 0 aliphatic carbocycles. The number of hydrogen-bond donors (Lipinski definition) is 1. The molecule has 102 valence electrons. The molecule has 0 heterocycles. The van der Waals surface area contributed by atoms with Crippen molar-refractivity contribution >= 4 is 0 Å². The molecule has 1 rings (SSSR count). The molecule has 0 aliphatic heterocycles. The van der Waals surface area contributed by atoms with Crippen LogP contribution in [0.5, 0.6) is 5.75 Å². The first-order valence-corrected chi connectivity index (χ1v) is 7.07. The van der Waals surface area contributed by atoms with Crippen molar-refractivity contribution in [1.29, 1.82) is 0 Å². The standard InChI is InChI=1S/C16H27NO/c1-14(2)13-15(17-3)9-7-8-12-18-16-10-5-4-6-11-16/h4-6,10-11,14-15,17H,7-9,12-13H2,1-3H3. The Hall–Kier alpha value is -1.02. The minimum atomic E-state index is 0.654. The zero-order valence-electron chi connectivity index (χ0n) is 12.0. The highest BCUT2D eigenvalue weighted by Crippen LogP contribution is 2.12. The normalized spacial score (nSPS) is 12.7. The summed E-state index contributed by atoms with van der Waals surface area (Å²) in [5, 5.41) is 3.40. The zero-order chi connectivity index (χ0) is 13.2. The van der Waals surface area contributed by atoms with Crippen LogP contribution in [0.25, 0.3) is 0 Å². The van der Waals surface area contributed by atoms with Crippen molar-refractivity contribution in [3.05, 3.63) is 30.3 Å². The summed E-state index contributed by atoms with van der Waals surface area (Å²) in [6.45, 7) is 5.38. The van der Waals surface area contributed by atoms with Crippen LogP contribution in [0.2, 0.25) is 0 Å². The lowest BCUT2D eigenvalue weighted by atomic mass is 9.99. The van der Waals surface area contributed by atoms with Gasteiger partial charge >= 0.3 is 0 Å². The first kappa shape index (κ1) is 15.0. The van der Waals surface area contributed by atoms with Crippen LogP contribution in [-0.4, -0.2) is 19.7 Å². The van der Waals surface area contributed by atoms with Crippen LogP contribution in [0, 0.1) is 5.92 Å². The molecular formula is C16H27NO. The third-order valence-electron chi connectivity index (χ3n) is 3.12. The molecule has 0 radical (unpaired) electrons. The van der Waals surface area contributed by atoms with Crippen molar-refractivity contribution in [1.82, 2.24) is 5.32 Å². The summed E-state index contributed by atoms with van der Waals surface area (Å²) in [7, 11) is 2.06. The Morgan fingerprint density at radius 3 is 2.44 bits per heavy atom. The Kier molecular flexibility index (Phi) is 7.51. The van der Waals surface area contributed by atoms with Gasteiger partial charge in [0.1, 0.15) is 5.75 Å². The first-order chi connectivity index (χ1) is 8.72. The third kappa shape index (κ3) is 6.65. The molecule has 0 aromatic heterocycles. The lowest BCUT2D eigenvalue weighted by Crippen LogP contribution is -2.26. The molecule has 18 heavy (non-hydrogen) atoms. The van der Waals surface area contributed by atoms with Crippen molar-refractivity contribution in [2.75, 3.05) is 13.7 Å². The van der Waals surface area contributed by atoms with E-state index in [4.69, 9.17) is 4.74 Å². The van der Waals surface area contributed by atoms with E-state index in [1.54, 1.807) is 0 Å². The molecule has 0 amide bonds. The SMILES string of the molecule is CNC(CCCCOc1ccccc1)CC(C)C. The van der Waals surface area contributed by atoms with E-state index in [1.807, 2.05) is 30.3 Å². The fourth-order valence-electron chi connectivity index (χ4n) is 2.15. The van der Waals surface area contributed by atoms with Gasteiger partial charge in [-0.1, -0.05) is 32.0 Å². The van der Waals surface area contributed by atoms with Gasteiger partial charge in [-0.25, -0.2) is 0 Å². The second kappa shape index (κ2) is 8.98. The average molecular weight is 249 g/mol. The number of rotatable bonds is 9. The van der Waals surface area contributed by atoms with Crippen LogP contribution in [0.1, 0.15) is 39.5 Å². The lowest BCUT2D eigenvalue weighted by molar-refractivity contribution is 0.298. The number of hydrogen-bond acceptors (Lipinski definition) is 2. The van der Waals surface area contributed by atoms with Crippen LogP contribution in [0.15, 0.2) is 30.3 Å². The number of benzene rings is 1. The van der Waals surface area contributed by atoms with E-state index in [-0.39, 0.29) is 0 Å². The monoisotopic (exact) mass is 249 g/mol. The maximum Gasteiger partial charge on any atom is 0.119 e. The first-order valence-electron chi connectivity index (χ1n) is 7.07. The predicted molar refractivity (Wildman–Crippen MR) is 78.1 cm³/mol. The molecule has 1 N–H and O–H groups in total. The van der Waals surface area contributed by atoms with Crippen molar-refractivity contribution in [3.63, 3.8) is 0 Å². The molecule has 1 aromatic carbocycles. The Morgan fingerprint density at radius 1 is 1.11 bits per heavy atom. The van der Waals surface area contributed by atoms with Crippen LogP contribution >= 0.6 is 0 Å². The van der Waals surface area contributed by atoms with Crippen molar-refractivity contribution in [3.8, 4) is 5.75 Å². The Morgan fingerprint density at radius 2 is 1.83 bits per heavy atom. The molecule has 0 saturated carbocycles. The van der Waals surface area contributed by atoms with Gasteiger partial charge in [-0.05, 0) is 50.8 Å². The maximum atomic E-state index is 5.68. The summed E-state index contributed by atoms with van der Waals surface area (Å²) in [6.07, 6.45) is 4.86. The number of para-hydroxylation sites is 1. The Balaban J connectivity index is 2.07. The van der Waals surface area contributed by atoms with Crippen LogP contribution in [-0.2, 0) is 0 Å². The van der Waals surface area contributed by atoms with Gasteiger partial charge in [-0.15, -0.1) is 0 Å². The maximum absolute atomic E-state index is 5.68. The molecule has 2 nitrogen and oxygen atoms in total. The fourth-order valence-corrected chi connectivity index (χ4v) is 2.15. The van der Waals surface area contributed by atoms with Gasteiger partial charge in [-0.3, -0.25) is 0 Å². The second-order valence-corrected chi connectivity index (χ2v) is 5.27. The second-order valence-electron chi connectivity index (χ2n) is 5.27. The summed E-state index contributed by atoms with van der Waals surface area (Å²) < 4.78 is 5.68. The topological polar surface area (TPSA) is 21.3 Å². The minimum Gasteiger partial charge on any atom is -0.494 e. The quantitative estimate of drug-likeness (QED) is 0.671. The van der Waals surface area contributed by atoms with Gasteiger partial charge < -0.3 is 10.1 Å². The smallest absolute Gasteiger partial charge is 0.119 e. The molecule has 0 bridgehead atoms. The van der Waals surface area contributed by atoms with Crippen molar-refractivity contribution in [2.45, 2.75) is 45.6 Å². The largest absolute Gasteiger partial charge is 0.494 e. The summed E-state index contributed by atoms with van der Waals surface area (Å²) in [5.74, 6) is 1.74. The van der Waals surface area contributed by atoms with E-state index in [0.29, 0.717) is 6.04 Å². The number of nitrogens with one attached hydrogen (secondary N) is 1. The van der Waals surface area contributed by atoms with Crippen LogP contribution < -0.4 is 10.1 Å². The summed E-state index contributed by atoms with van der Waals surface area (Å²) >= 11 is 0. The third-order valence-corrected chi connectivity index (χ3v) is 3.12. The van der Waals surface area contributed by atoms with Crippen molar-refractivity contribution < 1.29 is 4.74 Å². The van der Waals surface area contributed by atoms with Gasteiger partial charge in [-0.2, -0.15) is 0 Å². The Labute approximate surface area is 112 Å². The summed E-state index contributed by atoms with van der Waals surface area (Å²) in [5.41, 5.74) is 0. The van der Waals surface area contributed by atoms with Crippen LogP contribution in [0.4, 0.5) is 0 Å². The van der Waals surface area contributed by atoms with E-state index in [2.05, 4.69) is 26.2 Å². The molecular weight excluding hydrogens is 222 g/mol. The molecule has 2 heteroatoms. The Bertz CT molecular complexity index is 297. The molecule has 1 unspecified atom stereocenters. The predicted octanol–water partition coefficient (Wildman–Crippen LogP) is 3.87. The average Bonchev–Trinajstić information content (AvgIpc) is 2.37. The van der Waals surface area contributed by atoms with Gasteiger partial charge in [0.15, 0.2) is 0 Å². The molecule has 1 aromatic rings. The summed E-state index contributed by atoms with van der Waals surface area (Å²) in [6, 6.07) is 10.7. The van der Waals surface area contributed by atoms with E-state index in [0.717, 1.165) is 24.7 Å². The van der Waals surface area contributed by atoms with Crippen molar-refractivity contribution in [2.24, 2.45) is 5.92 Å². The van der Waals surface area contributed by atoms with Gasteiger partial charge in [0.2, 0.25) is 0 Å².